The minimum atomic E-state index is -0.777. The highest BCUT2D eigenvalue weighted by atomic mass is 16.6. The average molecular weight is 425 g/mol. The maximum Gasteiger partial charge on any atom is 0.338 e. The molecule has 0 aromatic heterocycles. The Hall–Kier alpha value is -3.42. The number of esters is 1. The van der Waals surface area contributed by atoms with Gasteiger partial charge in [0.2, 0.25) is 0 Å². The summed E-state index contributed by atoms with van der Waals surface area (Å²) < 4.78 is 5.09. The third-order valence-electron chi connectivity index (χ3n) is 5.41. The van der Waals surface area contributed by atoms with Gasteiger partial charge in [0.15, 0.2) is 6.61 Å². The summed E-state index contributed by atoms with van der Waals surface area (Å²) in [6.45, 7) is 5.11. The van der Waals surface area contributed by atoms with Gasteiger partial charge in [0, 0.05) is 24.8 Å². The van der Waals surface area contributed by atoms with Crippen molar-refractivity contribution in [3.8, 4) is 0 Å². The number of nitro benzene ring substituents is 1. The third-order valence-corrected chi connectivity index (χ3v) is 5.41. The Labute approximate surface area is 181 Å². The molecule has 8 heteroatoms. The van der Waals surface area contributed by atoms with Gasteiger partial charge in [-0.1, -0.05) is 32.0 Å². The molecular weight excluding hydrogens is 398 g/mol. The van der Waals surface area contributed by atoms with Gasteiger partial charge in [-0.25, -0.2) is 4.79 Å². The zero-order valence-corrected chi connectivity index (χ0v) is 17.8. The summed E-state index contributed by atoms with van der Waals surface area (Å²) in [7, 11) is 0. The van der Waals surface area contributed by atoms with E-state index in [1.54, 1.807) is 12.1 Å². The van der Waals surface area contributed by atoms with Crippen LogP contribution in [0.5, 0.6) is 0 Å². The zero-order valence-electron chi connectivity index (χ0n) is 17.8. The van der Waals surface area contributed by atoms with E-state index in [-0.39, 0.29) is 11.3 Å². The first-order valence-corrected chi connectivity index (χ1v) is 10.5. The Bertz CT molecular complexity index is 975. The number of piperidine rings is 1. The van der Waals surface area contributed by atoms with Gasteiger partial charge in [-0.3, -0.25) is 14.9 Å². The fourth-order valence-corrected chi connectivity index (χ4v) is 3.82. The standard InChI is InChI=1S/C23H27N3O5/c1-3-17-8-4-5-9-19(17)24-22(27)15-31-23(28)18-10-11-20(21(13-18)26(29)30)25-12-6-7-16(2)14-25/h4-5,8-11,13,16H,3,6-7,12,14-15H2,1-2H3,(H,24,27)/t16-/m0/s1. The van der Waals surface area contributed by atoms with E-state index >= 15 is 0 Å². The molecule has 31 heavy (non-hydrogen) atoms. The number of carbonyl (C=O) groups excluding carboxylic acids is 2. The summed E-state index contributed by atoms with van der Waals surface area (Å²) >= 11 is 0. The van der Waals surface area contributed by atoms with Gasteiger partial charge in [-0.15, -0.1) is 0 Å². The van der Waals surface area contributed by atoms with Crippen LogP contribution in [0.4, 0.5) is 17.1 Å². The topological polar surface area (TPSA) is 102 Å². The van der Waals surface area contributed by atoms with Crippen LogP contribution in [0, 0.1) is 16.0 Å². The second-order valence-electron chi connectivity index (χ2n) is 7.79. The van der Waals surface area contributed by atoms with Gasteiger partial charge >= 0.3 is 5.97 Å². The Morgan fingerprint density at radius 3 is 2.74 bits per heavy atom. The van der Waals surface area contributed by atoms with Gasteiger partial charge in [-0.2, -0.15) is 0 Å². The van der Waals surface area contributed by atoms with Gasteiger partial charge in [0.1, 0.15) is 5.69 Å². The van der Waals surface area contributed by atoms with Crippen LogP contribution in [-0.2, 0) is 16.0 Å². The molecule has 8 nitrogen and oxygen atoms in total. The van der Waals surface area contributed by atoms with Gasteiger partial charge in [-0.05, 0) is 48.9 Å². The van der Waals surface area contributed by atoms with Crippen LogP contribution < -0.4 is 10.2 Å². The number of rotatable bonds is 7. The number of aryl methyl sites for hydroxylation is 1. The monoisotopic (exact) mass is 425 g/mol. The second kappa shape index (κ2) is 10.1. The van der Waals surface area contributed by atoms with Crippen molar-refractivity contribution in [1.82, 2.24) is 0 Å². The molecule has 164 valence electrons. The number of anilines is 2. The Balaban J connectivity index is 1.66. The van der Waals surface area contributed by atoms with E-state index in [1.807, 2.05) is 30.0 Å². The van der Waals surface area contributed by atoms with Crippen molar-refractivity contribution in [2.24, 2.45) is 5.92 Å². The van der Waals surface area contributed by atoms with E-state index in [1.165, 1.54) is 12.1 Å². The number of nitrogens with zero attached hydrogens (tertiary/aromatic N) is 2. The van der Waals surface area contributed by atoms with E-state index in [0.29, 0.717) is 17.3 Å². The van der Waals surface area contributed by atoms with Crippen molar-refractivity contribution in [3.05, 3.63) is 63.7 Å². The zero-order chi connectivity index (χ0) is 22.4. The molecule has 2 aromatic carbocycles. The maximum absolute atomic E-state index is 12.4. The number of hydrogen-bond donors (Lipinski definition) is 1. The Morgan fingerprint density at radius 2 is 2.03 bits per heavy atom. The molecule has 1 aliphatic heterocycles. The van der Waals surface area contributed by atoms with E-state index in [9.17, 15) is 19.7 Å². The summed E-state index contributed by atoms with van der Waals surface area (Å²) in [5.41, 5.74) is 2.05. The number of carbonyl (C=O) groups is 2. The molecule has 1 heterocycles. The van der Waals surface area contributed by atoms with Crippen LogP contribution in [0.3, 0.4) is 0 Å². The number of amides is 1. The number of nitrogens with one attached hydrogen (secondary N) is 1. The highest BCUT2D eigenvalue weighted by molar-refractivity contribution is 5.96. The predicted octanol–water partition coefficient (Wildman–Crippen LogP) is 4.19. The number of nitro groups is 1. The fourth-order valence-electron chi connectivity index (χ4n) is 3.82. The lowest BCUT2D eigenvalue weighted by Gasteiger charge is -2.32. The summed E-state index contributed by atoms with van der Waals surface area (Å²) in [6, 6.07) is 11.7. The molecule has 0 radical (unpaired) electrons. The van der Waals surface area contributed by atoms with Gasteiger partial charge in [0.25, 0.3) is 11.6 Å². The van der Waals surface area contributed by atoms with E-state index in [0.717, 1.165) is 37.9 Å². The first-order chi connectivity index (χ1) is 14.9. The lowest BCUT2D eigenvalue weighted by Crippen LogP contribution is -2.34. The van der Waals surface area contributed by atoms with Crippen LogP contribution >= 0.6 is 0 Å². The van der Waals surface area contributed by atoms with Crippen LogP contribution in [0.15, 0.2) is 42.5 Å². The van der Waals surface area contributed by atoms with E-state index in [4.69, 9.17) is 4.74 Å². The lowest BCUT2D eigenvalue weighted by atomic mass is 9.99. The van der Waals surface area contributed by atoms with Crippen LogP contribution in [0.25, 0.3) is 0 Å². The number of ether oxygens (including phenoxy) is 1. The first-order valence-electron chi connectivity index (χ1n) is 10.5. The molecule has 1 atom stereocenters. The molecule has 0 aliphatic carbocycles. The van der Waals surface area contributed by atoms with Crippen molar-refractivity contribution in [3.63, 3.8) is 0 Å². The summed E-state index contributed by atoms with van der Waals surface area (Å²) in [4.78, 5) is 37.7. The Kier molecular flexibility index (Phi) is 7.23. The molecule has 2 aromatic rings. The summed E-state index contributed by atoms with van der Waals surface area (Å²) in [6.07, 6.45) is 2.82. The van der Waals surface area contributed by atoms with Crippen molar-refractivity contribution >= 4 is 28.9 Å². The van der Waals surface area contributed by atoms with Crippen molar-refractivity contribution in [2.45, 2.75) is 33.1 Å². The SMILES string of the molecule is CCc1ccccc1NC(=O)COC(=O)c1ccc(N2CCC[C@H](C)C2)c([N+](=O)[O-])c1. The second-order valence-corrected chi connectivity index (χ2v) is 7.79. The number of para-hydroxylation sites is 1. The minimum absolute atomic E-state index is 0.0438. The largest absolute Gasteiger partial charge is 0.452 e. The molecule has 1 amide bonds. The normalized spacial score (nSPS) is 15.9. The van der Waals surface area contributed by atoms with Gasteiger partial charge < -0.3 is 15.0 Å². The maximum atomic E-state index is 12.4. The van der Waals surface area contributed by atoms with Crippen LogP contribution in [-0.4, -0.2) is 36.5 Å². The fraction of sp³-hybridized carbons (Fsp3) is 0.391. The smallest absolute Gasteiger partial charge is 0.338 e. The third kappa shape index (κ3) is 5.59. The van der Waals surface area contributed by atoms with Crippen LogP contribution in [0.1, 0.15) is 42.6 Å². The first kappa shape index (κ1) is 22.3. The minimum Gasteiger partial charge on any atom is -0.452 e. The Morgan fingerprint density at radius 1 is 1.26 bits per heavy atom. The molecule has 0 saturated carbocycles. The van der Waals surface area contributed by atoms with Crippen LogP contribution in [0.2, 0.25) is 0 Å². The molecule has 1 N–H and O–H groups in total. The molecule has 0 bridgehead atoms. The quantitative estimate of drug-likeness (QED) is 0.405. The van der Waals surface area contributed by atoms with E-state index in [2.05, 4.69) is 12.2 Å². The highest BCUT2D eigenvalue weighted by Gasteiger charge is 2.25. The molecule has 1 saturated heterocycles. The average Bonchev–Trinajstić information content (AvgIpc) is 2.77. The molecule has 1 fully saturated rings. The van der Waals surface area contributed by atoms with Crippen molar-refractivity contribution in [1.29, 1.82) is 0 Å². The van der Waals surface area contributed by atoms with Crippen molar-refractivity contribution in [2.75, 3.05) is 29.9 Å². The lowest BCUT2D eigenvalue weighted by molar-refractivity contribution is -0.384. The molecule has 3 rings (SSSR count). The molecule has 0 spiro atoms. The molecule has 0 unspecified atom stereocenters. The van der Waals surface area contributed by atoms with Gasteiger partial charge in [0.05, 0.1) is 10.5 Å². The number of hydrogen-bond acceptors (Lipinski definition) is 6. The number of benzene rings is 2. The van der Waals surface area contributed by atoms with Crippen molar-refractivity contribution < 1.29 is 19.2 Å². The predicted molar refractivity (Wildman–Crippen MR) is 118 cm³/mol. The summed E-state index contributed by atoms with van der Waals surface area (Å²) in [5.74, 6) is -0.794. The molecule has 1 aliphatic rings. The van der Waals surface area contributed by atoms with E-state index < -0.39 is 23.4 Å². The highest BCUT2D eigenvalue weighted by Crippen LogP contribution is 2.32. The summed E-state index contributed by atoms with van der Waals surface area (Å²) in [5, 5.41) is 14.3. The molecular formula is C23H27N3O5.